The van der Waals surface area contributed by atoms with E-state index in [0.717, 1.165) is 18.2 Å². The number of halogens is 5. The highest BCUT2D eigenvalue weighted by atomic mass is 35.5. The summed E-state index contributed by atoms with van der Waals surface area (Å²) in [6, 6.07) is 4.06. The fourth-order valence-electron chi connectivity index (χ4n) is 1.48. The quantitative estimate of drug-likeness (QED) is 0.787. The second-order valence-electron chi connectivity index (χ2n) is 3.70. The van der Waals surface area contributed by atoms with Crippen LogP contribution in [0.1, 0.15) is 0 Å². The monoisotopic (exact) mass is 306 g/mol. The van der Waals surface area contributed by atoms with Crippen LogP contribution in [0.4, 0.5) is 30.2 Å². The predicted molar refractivity (Wildman–Crippen MR) is 70.5 cm³/mol. The Kier molecular flexibility index (Phi) is 3.78. The van der Waals surface area contributed by atoms with Crippen molar-refractivity contribution < 1.29 is 13.2 Å². The number of anilines is 3. The second kappa shape index (κ2) is 5.19. The van der Waals surface area contributed by atoms with E-state index in [2.05, 4.69) is 5.32 Å². The van der Waals surface area contributed by atoms with Crippen molar-refractivity contribution in [1.82, 2.24) is 0 Å². The fraction of sp³-hybridized carbons (Fsp3) is 0. The normalized spacial score (nSPS) is 10.6. The van der Waals surface area contributed by atoms with Gasteiger partial charge in [-0.15, -0.1) is 0 Å². The maximum atomic E-state index is 13.6. The minimum atomic E-state index is -1.17. The smallest absolute Gasteiger partial charge is 0.184 e. The molecule has 0 saturated carbocycles. The summed E-state index contributed by atoms with van der Waals surface area (Å²) < 4.78 is 39.8. The third kappa shape index (κ3) is 2.72. The average Bonchev–Trinajstić information content (AvgIpc) is 2.32. The van der Waals surface area contributed by atoms with Gasteiger partial charge in [-0.3, -0.25) is 0 Å². The first-order chi connectivity index (χ1) is 8.90. The van der Waals surface area contributed by atoms with E-state index >= 15 is 0 Å². The molecule has 0 heterocycles. The number of nitrogens with one attached hydrogen (secondary N) is 1. The van der Waals surface area contributed by atoms with E-state index < -0.39 is 17.5 Å². The van der Waals surface area contributed by atoms with Gasteiger partial charge in [0.2, 0.25) is 0 Å². The van der Waals surface area contributed by atoms with E-state index in [1.54, 1.807) is 0 Å². The summed E-state index contributed by atoms with van der Waals surface area (Å²) in [6.07, 6.45) is 0. The lowest BCUT2D eigenvalue weighted by Crippen LogP contribution is -2.02. The summed E-state index contributed by atoms with van der Waals surface area (Å²) in [4.78, 5) is 0. The molecule has 0 unspecified atom stereocenters. The number of nitrogen functional groups attached to an aromatic ring is 1. The average molecular weight is 307 g/mol. The molecule has 2 rings (SSSR count). The molecular weight excluding hydrogens is 300 g/mol. The molecule has 0 spiro atoms. The summed E-state index contributed by atoms with van der Waals surface area (Å²) in [5.41, 5.74) is 5.24. The lowest BCUT2D eigenvalue weighted by atomic mass is 10.2. The van der Waals surface area contributed by atoms with Crippen LogP contribution < -0.4 is 11.1 Å². The molecule has 19 heavy (non-hydrogen) atoms. The molecule has 7 heteroatoms. The molecule has 0 aliphatic heterocycles. The van der Waals surface area contributed by atoms with Gasteiger partial charge in [0.25, 0.3) is 0 Å². The summed E-state index contributed by atoms with van der Waals surface area (Å²) >= 11 is 11.6. The van der Waals surface area contributed by atoms with Gasteiger partial charge in [0.15, 0.2) is 11.6 Å². The number of hydrogen-bond donors (Lipinski definition) is 2. The third-order valence-corrected chi connectivity index (χ3v) is 2.98. The Bertz CT molecular complexity index is 624. The van der Waals surface area contributed by atoms with E-state index in [0.29, 0.717) is 0 Å². The van der Waals surface area contributed by atoms with Crippen LogP contribution in [-0.4, -0.2) is 0 Å². The van der Waals surface area contributed by atoms with Crippen LogP contribution in [0.5, 0.6) is 0 Å². The van der Waals surface area contributed by atoms with E-state index in [4.69, 9.17) is 28.9 Å². The minimum absolute atomic E-state index is 0.0321. The molecule has 0 fully saturated rings. The molecule has 0 amide bonds. The van der Waals surface area contributed by atoms with Gasteiger partial charge in [-0.1, -0.05) is 23.2 Å². The summed E-state index contributed by atoms with van der Waals surface area (Å²) in [6.45, 7) is 0. The molecule has 3 N–H and O–H groups in total. The Labute approximate surface area is 116 Å². The van der Waals surface area contributed by atoms with Crippen molar-refractivity contribution in [2.75, 3.05) is 11.1 Å². The molecular formula is C12H7Cl2F3N2. The minimum Gasteiger partial charge on any atom is -0.397 e. The lowest BCUT2D eigenvalue weighted by Gasteiger charge is -2.13. The first-order valence-electron chi connectivity index (χ1n) is 5.05. The standard InChI is InChI=1S/C12H7Cl2F3N2/c13-6-3-5(15)4-7(14)11(6)19-12-9(18)2-1-8(16)10(12)17/h1-4,19H,18H2. The zero-order valence-corrected chi connectivity index (χ0v) is 10.8. The van der Waals surface area contributed by atoms with Crippen LogP contribution in [0.25, 0.3) is 0 Å². The van der Waals surface area contributed by atoms with Crippen molar-refractivity contribution in [3.8, 4) is 0 Å². The maximum Gasteiger partial charge on any atom is 0.184 e. The Morgan fingerprint density at radius 3 is 2.11 bits per heavy atom. The molecule has 2 aromatic rings. The Morgan fingerprint density at radius 2 is 1.53 bits per heavy atom. The molecule has 0 aliphatic carbocycles. The van der Waals surface area contributed by atoms with Crippen molar-refractivity contribution in [1.29, 1.82) is 0 Å². The predicted octanol–water partition coefficient (Wildman–Crippen LogP) is 4.74. The van der Waals surface area contributed by atoms with E-state index in [-0.39, 0.29) is 27.1 Å². The number of nitrogens with two attached hydrogens (primary N) is 1. The van der Waals surface area contributed by atoms with Gasteiger partial charge in [-0.2, -0.15) is 0 Å². The van der Waals surface area contributed by atoms with Crippen molar-refractivity contribution in [2.45, 2.75) is 0 Å². The number of benzene rings is 2. The molecule has 100 valence electrons. The Morgan fingerprint density at radius 1 is 0.947 bits per heavy atom. The van der Waals surface area contributed by atoms with Gasteiger partial charge in [0, 0.05) is 0 Å². The van der Waals surface area contributed by atoms with Crippen LogP contribution in [0, 0.1) is 17.5 Å². The molecule has 2 nitrogen and oxygen atoms in total. The van der Waals surface area contributed by atoms with Crippen LogP contribution in [0.15, 0.2) is 24.3 Å². The van der Waals surface area contributed by atoms with Crippen molar-refractivity contribution in [2.24, 2.45) is 0 Å². The summed E-state index contributed by atoms with van der Waals surface area (Å²) in [5.74, 6) is -2.89. The second-order valence-corrected chi connectivity index (χ2v) is 4.51. The summed E-state index contributed by atoms with van der Waals surface area (Å²) in [5, 5.41) is 2.32. The highest BCUT2D eigenvalue weighted by molar-refractivity contribution is 6.39. The molecule has 2 aromatic carbocycles. The number of hydrogen-bond acceptors (Lipinski definition) is 2. The van der Waals surface area contributed by atoms with Gasteiger partial charge < -0.3 is 11.1 Å². The lowest BCUT2D eigenvalue weighted by molar-refractivity contribution is 0.512. The van der Waals surface area contributed by atoms with Crippen LogP contribution in [0.3, 0.4) is 0 Å². The van der Waals surface area contributed by atoms with Crippen LogP contribution in [0.2, 0.25) is 10.0 Å². The third-order valence-electron chi connectivity index (χ3n) is 2.38. The molecule has 0 bridgehead atoms. The van der Waals surface area contributed by atoms with Gasteiger partial charge in [-0.05, 0) is 24.3 Å². The first-order valence-corrected chi connectivity index (χ1v) is 5.80. The topological polar surface area (TPSA) is 38.0 Å². The Balaban J connectivity index is 2.51. The highest BCUT2D eigenvalue weighted by Crippen LogP contribution is 2.36. The van der Waals surface area contributed by atoms with Crippen LogP contribution in [-0.2, 0) is 0 Å². The first kappa shape index (κ1) is 13.8. The zero-order valence-electron chi connectivity index (χ0n) is 9.28. The maximum absolute atomic E-state index is 13.6. The fourth-order valence-corrected chi connectivity index (χ4v) is 2.03. The van der Waals surface area contributed by atoms with Crippen LogP contribution >= 0.6 is 23.2 Å². The highest BCUT2D eigenvalue weighted by Gasteiger charge is 2.15. The van der Waals surface area contributed by atoms with Gasteiger partial charge in [-0.25, -0.2) is 13.2 Å². The van der Waals surface area contributed by atoms with Gasteiger partial charge >= 0.3 is 0 Å². The molecule has 0 saturated heterocycles. The van der Waals surface area contributed by atoms with E-state index in [9.17, 15) is 13.2 Å². The SMILES string of the molecule is Nc1ccc(F)c(F)c1Nc1c(Cl)cc(F)cc1Cl. The molecule has 0 atom stereocenters. The van der Waals surface area contributed by atoms with Crippen molar-refractivity contribution in [3.05, 3.63) is 51.8 Å². The summed E-state index contributed by atoms with van der Waals surface area (Å²) in [7, 11) is 0. The molecule has 0 aromatic heterocycles. The molecule has 0 aliphatic rings. The van der Waals surface area contributed by atoms with E-state index in [1.165, 1.54) is 6.07 Å². The van der Waals surface area contributed by atoms with Gasteiger partial charge in [0.05, 0.1) is 21.4 Å². The van der Waals surface area contributed by atoms with Crippen molar-refractivity contribution >= 4 is 40.3 Å². The largest absolute Gasteiger partial charge is 0.397 e. The number of rotatable bonds is 2. The molecule has 0 radical (unpaired) electrons. The van der Waals surface area contributed by atoms with Crippen molar-refractivity contribution in [3.63, 3.8) is 0 Å². The van der Waals surface area contributed by atoms with Gasteiger partial charge in [0.1, 0.15) is 11.5 Å². The Hall–Kier alpha value is -1.59. The zero-order chi connectivity index (χ0) is 14.2. The van der Waals surface area contributed by atoms with E-state index in [1.807, 2.05) is 0 Å².